The minimum atomic E-state index is -2.97. The molecule has 3 fully saturated rings. The van der Waals surface area contributed by atoms with Gasteiger partial charge in [-0.05, 0) is 33.3 Å². The van der Waals surface area contributed by atoms with Gasteiger partial charge in [0.15, 0.2) is 5.58 Å². The molecule has 0 aliphatic carbocycles. The Bertz CT molecular complexity index is 1310. The molecule has 198 valence electrons. The summed E-state index contributed by atoms with van der Waals surface area (Å²) in [6.45, 7) is 4.76. The summed E-state index contributed by atoms with van der Waals surface area (Å²) in [5.74, 6) is -0.579. The van der Waals surface area contributed by atoms with Crippen LogP contribution in [0, 0.1) is 0 Å². The molecule has 4 unspecified atom stereocenters. The zero-order valence-corrected chi connectivity index (χ0v) is 21.1. The van der Waals surface area contributed by atoms with Crippen LogP contribution in [-0.2, 0) is 14.3 Å². The van der Waals surface area contributed by atoms with Crippen molar-refractivity contribution in [3.05, 3.63) is 35.2 Å². The lowest BCUT2D eigenvalue weighted by atomic mass is 9.83. The molecular weight excluding hydrogens is 510 g/mol. The quantitative estimate of drug-likeness (QED) is 0.423. The zero-order chi connectivity index (χ0) is 26.5. The van der Waals surface area contributed by atoms with E-state index < -0.39 is 42.8 Å². The minimum Gasteiger partial charge on any atom is -0.465 e. The highest BCUT2D eigenvalue weighted by molar-refractivity contribution is 7.13. The van der Waals surface area contributed by atoms with Gasteiger partial charge in [0.25, 0.3) is 6.43 Å². The van der Waals surface area contributed by atoms with Gasteiger partial charge in [0.1, 0.15) is 34.9 Å². The first-order valence-corrected chi connectivity index (χ1v) is 12.6. The zero-order valence-electron chi connectivity index (χ0n) is 20.3. The Kier molecular flexibility index (Phi) is 6.62. The number of carboxylic acid groups (broad SMARTS) is 1. The third-order valence-corrected chi connectivity index (χ3v) is 7.11. The van der Waals surface area contributed by atoms with Gasteiger partial charge in [-0.3, -0.25) is 4.90 Å². The van der Waals surface area contributed by atoms with Crippen molar-refractivity contribution in [2.75, 3.05) is 13.2 Å². The van der Waals surface area contributed by atoms with Crippen LogP contribution in [0.5, 0.6) is 0 Å². The molecule has 2 aromatic heterocycles. The monoisotopic (exact) mass is 536 g/mol. The van der Waals surface area contributed by atoms with E-state index in [1.165, 1.54) is 22.3 Å². The van der Waals surface area contributed by atoms with E-state index in [1.54, 1.807) is 38.4 Å². The van der Waals surface area contributed by atoms with Crippen LogP contribution in [0.1, 0.15) is 50.8 Å². The van der Waals surface area contributed by atoms with Crippen LogP contribution in [0.2, 0.25) is 0 Å². The summed E-state index contributed by atoms with van der Waals surface area (Å²) < 4.78 is 45.1. The number of nitrogens with zero attached hydrogens (tertiary/aromatic N) is 3. The van der Waals surface area contributed by atoms with Crippen LogP contribution >= 0.6 is 11.3 Å². The molecule has 5 heterocycles. The van der Waals surface area contributed by atoms with Gasteiger partial charge in [0.2, 0.25) is 5.89 Å². The van der Waals surface area contributed by atoms with E-state index in [-0.39, 0.29) is 34.6 Å². The largest absolute Gasteiger partial charge is 0.465 e. The lowest BCUT2D eigenvalue weighted by Gasteiger charge is -2.54. The molecular formula is C24H26F2N4O6S. The predicted octanol–water partition coefficient (Wildman–Crippen LogP) is 4.38. The molecule has 4 atom stereocenters. The highest BCUT2D eigenvalue weighted by Gasteiger charge is 2.51. The number of hydrogen-bond acceptors (Lipinski definition) is 9. The Morgan fingerprint density at radius 1 is 1.35 bits per heavy atom. The van der Waals surface area contributed by atoms with Gasteiger partial charge in [-0.25, -0.2) is 28.3 Å². The second kappa shape index (κ2) is 9.62. The first kappa shape index (κ1) is 25.5. The molecule has 1 aromatic carbocycles. The highest BCUT2D eigenvalue weighted by atomic mass is 32.1. The van der Waals surface area contributed by atoms with Crippen LogP contribution in [-0.4, -0.2) is 69.3 Å². The smallest absolute Gasteiger partial charge is 0.407 e. The van der Waals surface area contributed by atoms with Gasteiger partial charge < -0.3 is 24.3 Å². The molecule has 6 rings (SSSR count). The standard InChI is InChI=1S/C24H26F2N4O6S/c1-24(2,3)36-15(31)10-34-19(20(25)26)12-4-5-13(22-27-6-7-37-22)18-16(12)29-21(35-18)17-14-8-11(9-28-17)30(14)23(32)33/h4-7,11,14,17,19-20,28H,8-10H2,1-3H3,(H,32,33). The van der Waals surface area contributed by atoms with E-state index in [0.29, 0.717) is 23.5 Å². The van der Waals surface area contributed by atoms with Gasteiger partial charge in [-0.15, -0.1) is 11.3 Å². The first-order chi connectivity index (χ1) is 17.5. The van der Waals surface area contributed by atoms with Crippen molar-refractivity contribution in [1.29, 1.82) is 0 Å². The molecule has 13 heteroatoms. The fraction of sp³-hybridized carbons (Fsp3) is 0.500. The van der Waals surface area contributed by atoms with Crippen molar-refractivity contribution in [1.82, 2.24) is 20.2 Å². The van der Waals surface area contributed by atoms with E-state index in [0.717, 1.165) is 0 Å². The number of nitrogens with one attached hydrogen (secondary N) is 1. The molecule has 0 radical (unpaired) electrons. The number of oxazole rings is 1. The van der Waals surface area contributed by atoms with Crippen molar-refractivity contribution in [3.8, 4) is 10.6 Å². The summed E-state index contributed by atoms with van der Waals surface area (Å²) in [6, 6.07) is 2.03. The molecule has 0 saturated carbocycles. The van der Waals surface area contributed by atoms with Gasteiger partial charge in [-0.1, -0.05) is 6.07 Å². The molecule has 10 nitrogen and oxygen atoms in total. The topological polar surface area (TPSA) is 127 Å². The van der Waals surface area contributed by atoms with Gasteiger partial charge >= 0.3 is 12.1 Å². The summed E-state index contributed by atoms with van der Waals surface area (Å²) in [4.78, 5) is 34.1. The number of alkyl halides is 2. The van der Waals surface area contributed by atoms with Crippen LogP contribution < -0.4 is 5.32 Å². The number of thiazole rings is 1. The third kappa shape index (κ3) is 4.90. The lowest BCUT2D eigenvalue weighted by molar-refractivity contribution is -0.165. The minimum absolute atomic E-state index is 0.0428. The average Bonchev–Trinajstić information content (AvgIpc) is 3.48. The van der Waals surface area contributed by atoms with Gasteiger partial charge in [-0.2, -0.15) is 0 Å². The van der Waals surface area contributed by atoms with E-state index in [4.69, 9.17) is 13.9 Å². The van der Waals surface area contributed by atoms with Gasteiger partial charge in [0, 0.05) is 29.7 Å². The molecule has 1 amide bonds. The summed E-state index contributed by atoms with van der Waals surface area (Å²) in [5.41, 5.74) is 0.189. The summed E-state index contributed by atoms with van der Waals surface area (Å²) in [7, 11) is 0. The van der Waals surface area contributed by atoms with Crippen molar-refractivity contribution < 1.29 is 37.4 Å². The van der Waals surface area contributed by atoms with E-state index in [1.807, 2.05) is 0 Å². The Balaban J connectivity index is 1.53. The van der Waals surface area contributed by atoms with Crippen molar-refractivity contribution in [3.63, 3.8) is 0 Å². The number of esters is 1. The second-order valence-electron chi connectivity index (χ2n) is 9.95. The number of amides is 1. The number of hydrogen-bond donors (Lipinski definition) is 2. The second-order valence-corrected chi connectivity index (χ2v) is 10.8. The van der Waals surface area contributed by atoms with Crippen LogP contribution in [0.15, 0.2) is 28.1 Å². The molecule has 0 spiro atoms. The summed E-state index contributed by atoms with van der Waals surface area (Å²) >= 11 is 1.35. The Hall–Kier alpha value is -3.16. The van der Waals surface area contributed by atoms with Crippen LogP contribution in [0.4, 0.5) is 13.6 Å². The number of fused-ring (bicyclic) bond motifs is 3. The number of carbonyl (C=O) groups is 2. The van der Waals surface area contributed by atoms with Crippen molar-refractivity contribution >= 4 is 34.5 Å². The highest BCUT2D eigenvalue weighted by Crippen LogP contribution is 2.42. The molecule has 2 bridgehead atoms. The fourth-order valence-electron chi connectivity index (χ4n) is 4.82. The number of halogens is 2. The maximum absolute atomic E-state index is 14.2. The molecule has 37 heavy (non-hydrogen) atoms. The molecule has 2 N–H and O–H groups in total. The maximum atomic E-state index is 14.2. The number of piperazine rings is 1. The SMILES string of the molecule is CC(C)(C)OC(=O)COC(c1ccc(-c2nccs2)c2oc(C3NCC4CC3N4C(=O)O)nc12)C(F)F. The van der Waals surface area contributed by atoms with E-state index in [9.17, 15) is 23.5 Å². The molecule has 3 aromatic rings. The van der Waals surface area contributed by atoms with Crippen molar-refractivity contribution in [2.24, 2.45) is 0 Å². The number of benzene rings is 1. The number of ether oxygens (including phenoxy) is 2. The number of aromatic nitrogens is 2. The van der Waals surface area contributed by atoms with Crippen LogP contribution in [0.3, 0.4) is 0 Å². The van der Waals surface area contributed by atoms with E-state index >= 15 is 0 Å². The normalized spacial score (nSPS) is 22.2. The summed E-state index contributed by atoms with van der Waals surface area (Å²) in [5, 5.41) is 15.2. The fourth-order valence-corrected chi connectivity index (χ4v) is 5.48. The predicted molar refractivity (Wildman–Crippen MR) is 128 cm³/mol. The van der Waals surface area contributed by atoms with E-state index in [2.05, 4.69) is 15.3 Å². The third-order valence-electron chi connectivity index (χ3n) is 6.30. The van der Waals surface area contributed by atoms with Crippen LogP contribution in [0.25, 0.3) is 21.7 Å². The Morgan fingerprint density at radius 2 is 2.14 bits per heavy atom. The van der Waals surface area contributed by atoms with Crippen molar-refractivity contribution in [2.45, 2.75) is 63.4 Å². The first-order valence-electron chi connectivity index (χ1n) is 11.7. The molecule has 3 saturated heterocycles. The number of carbonyl (C=O) groups excluding carboxylic acids is 1. The molecule has 3 aliphatic heterocycles. The summed E-state index contributed by atoms with van der Waals surface area (Å²) in [6.07, 6.45) is -3.51. The number of rotatable bonds is 7. The average molecular weight is 537 g/mol. The Morgan fingerprint density at radius 3 is 2.76 bits per heavy atom. The Labute approximate surface area is 214 Å². The molecule has 3 aliphatic rings. The maximum Gasteiger partial charge on any atom is 0.407 e. The number of piperidine rings is 1. The van der Waals surface area contributed by atoms with Gasteiger partial charge in [0.05, 0.1) is 11.6 Å². The lowest BCUT2D eigenvalue weighted by Crippen LogP contribution is -2.70.